The lowest BCUT2D eigenvalue weighted by Gasteiger charge is -2.25. The molecule has 0 radical (unpaired) electrons. The summed E-state index contributed by atoms with van der Waals surface area (Å²) >= 11 is 0. The van der Waals surface area contributed by atoms with Gasteiger partial charge in [0.25, 0.3) is 0 Å². The van der Waals surface area contributed by atoms with E-state index in [0.29, 0.717) is 12.5 Å². The number of ether oxygens (including phenoxy) is 1. The Hall–Kier alpha value is -1.10. The first-order valence-electron chi connectivity index (χ1n) is 7.28. The quantitative estimate of drug-likeness (QED) is 0.561. The third-order valence-electron chi connectivity index (χ3n) is 4.32. The van der Waals surface area contributed by atoms with Crippen molar-refractivity contribution in [2.75, 3.05) is 33.3 Å². The third-order valence-corrected chi connectivity index (χ3v) is 4.32. The van der Waals surface area contributed by atoms with Crippen LogP contribution in [0.2, 0.25) is 0 Å². The highest BCUT2D eigenvalue weighted by Crippen LogP contribution is 2.22. The number of nitrogens with zero attached hydrogens (tertiary/aromatic N) is 2. The van der Waals surface area contributed by atoms with Gasteiger partial charge in [-0.1, -0.05) is 6.92 Å². The van der Waals surface area contributed by atoms with Gasteiger partial charge < -0.3 is 9.64 Å². The molecule has 2 heterocycles. The normalized spacial score (nSPS) is 25.6. The number of carbonyl (C=O) groups is 2. The number of esters is 1. The second kappa shape index (κ2) is 6.37. The summed E-state index contributed by atoms with van der Waals surface area (Å²) in [5, 5.41) is 0. The minimum absolute atomic E-state index is 0.0592. The van der Waals surface area contributed by atoms with Crippen molar-refractivity contribution < 1.29 is 14.3 Å². The molecule has 2 unspecified atom stereocenters. The van der Waals surface area contributed by atoms with E-state index in [1.807, 2.05) is 11.8 Å². The largest absolute Gasteiger partial charge is 0.468 e. The summed E-state index contributed by atoms with van der Waals surface area (Å²) in [5.74, 6) is -1.09. The molecular weight excluding hydrogens is 244 g/mol. The number of hydrogen-bond donors (Lipinski definition) is 0. The summed E-state index contributed by atoms with van der Waals surface area (Å²) in [6.45, 7) is 5.70. The standard InChI is InChI=1S/C14H24N2O3/c1-3-12(14(18)19-2)13(17)16-9-6-11(10-16)15-7-4-5-8-15/h11-12H,3-10H2,1-2H3. The van der Waals surface area contributed by atoms with Gasteiger partial charge in [-0.05, 0) is 38.8 Å². The zero-order valence-corrected chi connectivity index (χ0v) is 11.9. The lowest BCUT2D eigenvalue weighted by molar-refractivity contribution is -0.153. The van der Waals surface area contributed by atoms with E-state index in [1.54, 1.807) is 0 Å². The Morgan fingerprint density at radius 2 is 1.95 bits per heavy atom. The maximum absolute atomic E-state index is 12.3. The van der Waals surface area contributed by atoms with Crippen LogP contribution in [0.1, 0.15) is 32.6 Å². The first-order valence-corrected chi connectivity index (χ1v) is 7.28. The Morgan fingerprint density at radius 1 is 1.26 bits per heavy atom. The number of methoxy groups -OCH3 is 1. The van der Waals surface area contributed by atoms with Crippen LogP contribution in [0.4, 0.5) is 0 Å². The average Bonchev–Trinajstić information content (AvgIpc) is 3.09. The number of hydrogen-bond acceptors (Lipinski definition) is 4. The van der Waals surface area contributed by atoms with E-state index in [2.05, 4.69) is 4.90 Å². The SMILES string of the molecule is CCC(C(=O)OC)C(=O)N1CCC(N2CCCC2)C1. The van der Waals surface area contributed by atoms with Gasteiger partial charge in [0.1, 0.15) is 5.92 Å². The second-order valence-corrected chi connectivity index (χ2v) is 5.45. The molecule has 0 aromatic heterocycles. The minimum atomic E-state index is -0.623. The molecule has 0 aliphatic carbocycles. The molecule has 19 heavy (non-hydrogen) atoms. The topological polar surface area (TPSA) is 49.9 Å². The zero-order valence-electron chi connectivity index (χ0n) is 11.9. The Kier molecular flexibility index (Phi) is 4.80. The number of likely N-dealkylation sites (tertiary alicyclic amines) is 2. The maximum Gasteiger partial charge on any atom is 0.318 e. The van der Waals surface area contributed by atoms with E-state index >= 15 is 0 Å². The number of amides is 1. The molecule has 2 aliphatic heterocycles. The molecule has 0 bridgehead atoms. The first kappa shape index (κ1) is 14.3. The van der Waals surface area contributed by atoms with Crippen LogP contribution in [0.15, 0.2) is 0 Å². The van der Waals surface area contributed by atoms with E-state index in [-0.39, 0.29) is 5.91 Å². The van der Waals surface area contributed by atoms with E-state index in [4.69, 9.17) is 4.74 Å². The highest BCUT2D eigenvalue weighted by atomic mass is 16.5. The van der Waals surface area contributed by atoms with Crippen molar-refractivity contribution in [2.45, 2.75) is 38.6 Å². The maximum atomic E-state index is 12.3. The molecule has 2 atom stereocenters. The van der Waals surface area contributed by atoms with Gasteiger partial charge >= 0.3 is 5.97 Å². The van der Waals surface area contributed by atoms with Crippen molar-refractivity contribution in [1.82, 2.24) is 9.80 Å². The van der Waals surface area contributed by atoms with E-state index in [0.717, 1.165) is 32.6 Å². The molecule has 2 rings (SSSR count). The van der Waals surface area contributed by atoms with Crippen molar-refractivity contribution in [3.8, 4) is 0 Å². The van der Waals surface area contributed by atoms with Gasteiger partial charge in [-0.25, -0.2) is 0 Å². The van der Waals surface area contributed by atoms with Crippen molar-refractivity contribution in [1.29, 1.82) is 0 Å². The van der Waals surface area contributed by atoms with Crippen LogP contribution in [-0.2, 0) is 14.3 Å². The molecule has 0 saturated carbocycles. The van der Waals surface area contributed by atoms with Crippen molar-refractivity contribution in [3.05, 3.63) is 0 Å². The van der Waals surface area contributed by atoms with Crippen LogP contribution < -0.4 is 0 Å². The average molecular weight is 268 g/mol. The summed E-state index contributed by atoms with van der Waals surface area (Å²) in [4.78, 5) is 28.3. The van der Waals surface area contributed by atoms with Crippen LogP contribution in [0.3, 0.4) is 0 Å². The fourth-order valence-corrected chi connectivity index (χ4v) is 3.15. The molecule has 5 heteroatoms. The highest BCUT2D eigenvalue weighted by molar-refractivity contribution is 5.97. The van der Waals surface area contributed by atoms with Gasteiger partial charge in [0.05, 0.1) is 7.11 Å². The van der Waals surface area contributed by atoms with Crippen molar-refractivity contribution in [2.24, 2.45) is 5.92 Å². The zero-order chi connectivity index (χ0) is 13.8. The Balaban J connectivity index is 1.91. The fraction of sp³-hybridized carbons (Fsp3) is 0.857. The summed E-state index contributed by atoms with van der Waals surface area (Å²) in [6.07, 6.45) is 4.08. The summed E-state index contributed by atoms with van der Waals surface area (Å²) in [6, 6.07) is 0.488. The second-order valence-electron chi connectivity index (χ2n) is 5.45. The lowest BCUT2D eigenvalue weighted by Crippen LogP contribution is -2.41. The predicted octanol–water partition coefficient (Wildman–Crippen LogP) is 0.882. The Morgan fingerprint density at radius 3 is 2.53 bits per heavy atom. The molecule has 0 aromatic rings. The first-order chi connectivity index (χ1) is 9.17. The van der Waals surface area contributed by atoms with Gasteiger partial charge in [-0.3, -0.25) is 14.5 Å². The lowest BCUT2D eigenvalue weighted by atomic mass is 10.1. The third kappa shape index (κ3) is 3.08. The number of carbonyl (C=O) groups excluding carboxylic acids is 2. The van der Waals surface area contributed by atoms with Gasteiger partial charge in [-0.2, -0.15) is 0 Å². The summed E-state index contributed by atoms with van der Waals surface area (Å²) < 4.78 is 4.71. The Bertz CT molecular complexity index is 340. The molecule has 2 fully saturated rings. The molecule has 5 nitrogen and oxygen atoms in total. The van der Waals surface area contributed by atoms with Crippen LogP contribution in [0.5, 0.6) is 0 Å². The number of rotatable bonds is 4. The monoisotopic (exact) mass is 268 g/mol. The Labute approximate surface area is 114 Å². The molecule has 2 aliphatic rings. The summed E-state index contributed by atoms with van der Waals surface area (Å²) in [7, 11) is 1.34. The smallest absolute Gasteiger partial charge is 0.318 e. The molecule has 0 aromatic carbocycles. The van der Waals surface area contributed by atoms with Gasteiger partial charge in [-0.15, -0.1) is 0 Å². The predicted molar refractivity (Wildman–Crippen MR) is 71.6 cm³/mol. The van der Waals surface area contributed by atoms with Gasteiger partial charge in [0, 0.05) is 19.1 Å². The molecular formula is C14H24N2O3. The fourth-order valence-electron chi connectivity index (χ4n) is 3.15. The van der Waals surface area contributed by atoms with E-state index in [9.17, 15) is 9.59 Å². The van der Waals surface area contributed by atoms with Crippen LogP contribution >= 0.6 is 0 Å². The van der Waals surface area contributed by atoms with E-state index in [1.165, 1.54) is 20.0 Å². The van der Waals surface area contributed by atoms with E-state index < -0.39 is 11.9 Å². The van der Waals surface area contributed by atoms with Crippen molar-refractivity contribution >= 4 is 11.9 Å². The molecule has 108 valence electrons. The van der Waals surface area contributed by atoms with Crippen LogP contribution in [0, 0.1) is 5.92 Å². The molecule has 0 spiro atoms. The van der Waals surface area contributed by atoms with Gasteiger partial charge in [0.2, 0.25) is 5.91 Å². The van der Waals surface area contributed by atoms with Gasteiger partial charge in [0.15, 0.2) is 0 Å². The van der Waals surface area contributed by atoms with Crippen LogP contribution in [0.25, 0.3) is 0 Å². The van der Waals surface area contributed by atoms with Crippen LogP contribution in [-0.4, -0.2) is 61.0 Å². The van der Waals surface area contributed by atoms with Crippen molar-refractivity contribution in [3.63, 3.8) is 0 Å². The summed E-state index contributed by atoms with van der Waals surface area (Å²) in [5.41, 5.74) is 0. The highest BCUT2D eigenvalue weighted by Gasteiger charge is 2.36. The molecule has 2 saturated heterocycles. The minimum Gasteiger partial charge on any atom is -0.468 e. The molecule has 0 N–H and O–H groups in total. The molecule has 1 amide bonds.